The molecule has 0 unspecified atom stereocenters. The Balaban J connectivity index is 3.31. The average molecular weight is 282 g/mol. The summed E-state index contributed by atoms with van der Waals surface area (Å²) >= 11 is 0. The van der Waals surface area contributed by atoms with E-state index in [1.165, 1.54) is 0 Å². The molecule has 0 N–H and O–H groups in total. The first kappa shape index (κ1) is 16.9. The third kappa shape index (κ3) is 6.22. The van der Waals surface area contributed by atoms with Crippen molar-refractivity contribution in [2.24, 2.45) is 0 Å². The first-order valence-electron chi connectivity index (χ1n) is 7.22. The van der Waals surface area contributed by atoms with Gasteiger partial charge in [-0.1, -0.05) is 67.3 Å². The molecule has 0 radical (unpaired) electrons. The summed E-state index contributed by atoms with van der Waals surface area (Å²) < 4.78 is 14.3. The maximum atomic E-state index is 14.3. The predicted molar refractivity (Wildman–Crippen MR) is 91.6 cm³/mol. The van der Waals surface area contributed by atoms with Crippen molar-refractivity contribution in [3.8, 4) is 0 Å². The van der Waals surface area contributed by atoms with Gasteiger partial charge >= 0.3 is 0 Å². The van der Waals surface area contributed by atoms with E-state index in [0.717, 1.165) is 24.0 Å². The van der Waals surface area contributed by atoms with Gasteiger partial charge in [-0.15, -0.1) is 0 Å². The molecule has 0 aliphatic heterocycles. The normalized spacial score (nSPS) is 25.7. The third-order valence-electron chi connectivity index (χ3n) is 3.03. The van der Waals surface area contributed by atoms with Gasteiger partial charge in [-0.25, -0.2) is 4.39 Å². The summed E-state index contributed by atoms with van der Waals surface area (Å²) in [5.74, 6) is -0.223. The van der Waals surface area contributed by atoms with Crippen LogP contribution in [0.3, 0.4) is 0 Å². The van der Waals surface area contributed by atoms with Crippen LogP contribution in [0.2, 0.25) is 0 Å². The van der Waals surface area contributed by atoms with Crippen LogP contribution in [0.1, 0.15) is 26.7 Å². The molecule has 1 rings (SSSR count). The lowest BCUT2D eigenvalue weighted by Crippen LogP contribution is -1.87. The van der Waals surface area contributed by atoms with Crippen molar-refractivity contribution in [3.63, 3.8) is 0 Å². The van der Waals surface area contributed by atoms with Crippen LogP contribution in [-0.2, 0) is 0 Å². The van der Waals surface area contributed by atoms with Crippen molar-refractivity contribution in [1.82, 2.24) is 0 Å². The Morgan fingerprint density at radius 2 is 1.86 bits per heavy atom. The molecule has 0 aromatic heterocycles. The summed E-state index contributed by atoms with van der Waals surface area (Å²) in [6, 6.07) is 0. The zero-order valence-corrected chi connectivity index (χ0v) is 12.9. The van der Waals surface area contributed by atoms with Crippen LogP contribution in [0.15, 0.2) is 96.0 Å². The Bertz CT molecular complexity index is 561. The summed E-state index contributed by atoms with van der Waals surface area (Å²) in [5, 5.41) is 0. The van der Waals surface area contributed by atoms with Gasteiger partial charge in [0.15, 0.2) is 0 Å². The molecule has 0 aromatic rings. The highest BCUT2D eigenvalue weighted by Gasteiger charge is 2.03. The lowest BCUT2D eigenvalue weighted by Gasteiger charge is -2.05. The number of hydrogen-bond donors (Lipinski definition) is 0. The zero-order chi connectivity index (χ0) is 15.5. The first-order valence-corrected chi connectivity index (χ1v) is 7.22. The predicted octanol–water partition coefficient (Wildman–Crippen LogP) is 6.31. The molecule has 1 heteroatoms. The van der Waals surface area contributed by atoms with E-state index in [2.05, 4.69) is 18.7 Å². The largest absolute Gasteiger partial charge is 0.207 e. The van der Waals surface area contributed by atoms with Gasteiger partial charge in [0.25, 0.3) is 0 Å². The van der Waals surface area contributed by atoms with Crippen molar-refractivity contribution >= 4 is 0 Å². The monoisotopic (exact) mass is 282 g/mol. The Hall–Kier alpha value is -2.15. The third-order valence-corrected chi connectivity index (χ3v) is 3.03. The van der Waals surface area contributed by atoms with Crippen LogP contribution in [0.4, 0.5) is 4.39 Å². The molecule has 0 aromatic carbocycles. The average Bonchev–Trinajstić information content (AvgIpc) is 2.46. The van der Waals surface area contributed by atoms with E-state index in [4.69, 9.17) is 0 Å². The van der Waals surface area contributed by atoms with Crippen molar-refractivity contribution < 1.29 is 4.39 Å². The number of allylic oxidation sites excluding steroid dienone is 15. The molecule has 1 aliphatic rings. The van der Waals surface area contributed by atoms with E-state index in [1.807, 2.05) is 43.4 Å². The van der Waals surface area contributed by atoms with E-state index in [1.54, 1.807) is 25.2 Å². The minimum absolute atomic E-state index is 0.223. The topological polar surface area (TPSA) is 0 Å². The van der Waals surface area contributed by atoms with Gasteiger partial charge in [0.1, 0.15) is 5.83 Å². The summed E-state index contributed by atoms with van der Waals surface area (Å²) in [7, 11) is 0. The molecule has 0 fully saturated rings. The minimum atomic E-state index is -0.223. The van der Waals surface area contributed by atoms with Gasteiger partial charge in [0, 0.05) is 0 Å². The van der Waals surface area contributed by atoms with Gasteiger partial charge in [0.2, 0.25) is 0 Å². The van der Waals surface area contributed by atoms with E-state index in [0.29, 0.717) is 5.57 Å². The SMILES string of the molecule is C=C/C=C(\C=C/C)C1=C/C=C\CC/C=C/C=C(C)C(/F)=C\1. The highest BCUT2D eigenvalue weighted by atomic mass is 19.1. The smallest absolute Gasteiger partial charge is 0.126 e. The number of rotatable bonds is 3. The first-order chi connectivity index (χ1) is 10.2. The maximum absolute atomic E-state index is 14.3. The second-order valence-electron chi connectivity index (χ2n) is 4.76. The molecular formula is C20H23F. The Labute approximate surface area is 127 Å². The van der Waals surface area contributed by atoms with Gasteiger partial charge in [0.05, 0.1) is 0 Å². The summed E-state index contributed by atoms with van der Waals surface area (Å²) in [4.78, 5) is 0. The molecule has 0 bridgehead atoms. The van der Waals surface area contributed by atoms with Gasteiger partial charge in [-0.3, -0.25) is 0 Å². The van der Waals surface area contributed by atoms with Gasteiger partial charge in [-0.2, -0.15) is 0 Å². The highest BCUT2D eigenvalue weighted by molar-refractivity contribution is 5.51. The lowest BCUT2D eigenvalue weighted by atomic mass is 10.0. The Kier molecular flexibility index (Phi) is 7.81. The van der Waals surface area contributed by atoms with Crippen LogP contribution >= 0.6 is 0 Å². The second kappa shape index (κ2) is 9.71. The fourth-order valence-electron chi connectivity index (χ4n) is 1.88. The fourth-order valence-corrected chi connectivity index (χ4v) is 1.88. The standard InChI is InChI=1S/C20H23F/c1-4-12-18(13-5-2)19-15-11-9-7-6-8-10-14-17(3)20(21)16-19/h4-5,8-16H,1,6-7H2,2-3H3/b10-8+,11-9-,13-5-,17-14?,18-12+,19-15+,20-16+. The molecule has 110 valence electrons. The molecule has 0 atom stereocenters. The number of hydrogen-bond acceptors (Lipinski definition) is 0. The van der Waals surface area contributed by atoms with Crippen LogP contribution < -0.4 is 0 Å². The van der Waals surface area contributed by atoms with E-state index in [9.17, 15) is 4.39 Å². The van der Waals surface area contributed by atoms with Crippen LogP contribution in [0.25, 0.3) is 0 Å². The minimum Gasteiger partial charge on any atom is -0.207 e. The molecule has 0 nitrogen and oxygen atoms in total. The van der Waals surface area contributed by atoms with Gasteiger partial charge in [-0.05, 0) is 49.5 Å². The van der Waals surface area contributed by atoms with E-state index >= 15 is 0 Å². The van der Waals surface area contributed by atoms with Crippen LogP contribution in [0.5, 0.6) is 0 Å². The second-order valence-corrected chi connectivity index (χ2v) is 4.76. The molecule has 0 saturated carbocycles. The molecule has 0 amide bonds. The van der Waals surface area contributed by atoms with Crippen molar-refractivity contribution in [2.75, 3.05) is 0 Å². The quantitative estimate of drug-likeness (QED) is 0.532. The summed E-state index contributed by atoms with van der Waals surface area (Å²) in [5.41, 5.74) is 2.40. The molecule has 0 saturated heterocycles. The van der Waals surface area contributed by atoms with Crippen molar-refractivity contribution in [2.45, 2.75) is 26.7 Å². The van der Waals surface area contributed by atoms with Crippen molar-refractivity contribution in [3.05, 3.63) is 96.0 Å². The molecule has 0 heterocycles. The van der Waals surface area contributed by atoms with Crippen molar-refractivity contribution in [1.29, 1.82) is 0 Å². The van der Waals surface area contributed by atoms with Gasteiger partial charge < -0.3 is 0 Å². The van der Waals surface area contributed by atoms with Crippen LogP contribution in [-0.4, -0.2) is 0 Å². The summed E-state index contributed by atoms with van der Waals surface area (Å²) in [6.07, 6.45) is 22.8. The Morgan fingerprint density at radius 3 is 2.48 bits per heavy atom. The maximum Gasteiger partial charge on any atom is 0.126 e. The zero-order valence-electron chi connectivity index (χ0n) is 12.9. The van der Waals surface area contributed by atoms with E-state index in [-0.39, 0.29) is 5.83 Å². The highest BCUT2D eigenvalue weighted by Crippen LogP contribution is 2.21. The van der Waals surface area contributed by atoms with E-state index < -0.39 is 0 Å². The molecule has 1 aliphatic carbocycles. The number of halogens is 1. The fraction of sp³-hybridized carbons (Fsp3) is 0.200. The Morgan fingerprint density at radius 1 is 1.19 bits per heavy atom. The molecular weight excluding hydrogens is 259 g/mol. The van der Waals surface area contributed by atoms with Crippen LogP contribution in [0, 0.1) is 0 Å². The lowest BCUT2D eigenvalue weighted by molar-refractivity contribution is 0.651. The molecule has 0 spiro atoms. The summed E-state index contributed by atoms with van der Waals surface area (Å²) in [6.45, 7) is 7.45. The molecule has 21 heavy (non-hydrogen) atoms.